The third-order valence-corrected chi connectivity index (χ3v) is 4.79. The maximum atomic E-state index is 12.2. The number of thiophene rings is 1. The van der Waals surface area contributed by atoms with Crippen molar-refractivity contribution in [1.82, 2.24) is 10.3 Å². The second kappa shape index (κ2) is 6.18. The molecule has 0 fully saturated rings. The van der Waals surface area contributed by atoms with E-state index in [0.29, 0.717) is 6.54 Å². The van der Waals surface area contributed by atoms with E-state index in [2.05, 4.69) is 10.3 Å². The molecule has 1 amide bonds. The van der Waals surface area contributed by atoms with E-state index in [9.17, 15) is 4.79 Å². The molecule has 3 nitrogen and oxygen atoms in total. The van der Waals surface area contributed by atoms with Crippen LogP contribution in [0.3, 0.4) is 0 Å². The summed E-state index contributed by atoms with van der Waals surface area (Å²) in [7, 11) is 0. The first-order valence-corrected chi connectivity index (χ1v) is 8.00. The first-order chi connectivity index (χ1) is 9.84. The predicted octanol–water partition coefficient (Wildman–Crippen LogP) is 2.99. The van der Waals surface area contributed by atoms with E-state index in [1.807, 2.05) is 23.6 Å². The molecule has 0 unspecified atom stereocenters. The molecular weight excluding hydrogens is 268 g/mol. The summed E-state index contributed by atoms with van der Waals surface area (Å²) >= 11 is 1.74. The van der Waals surface area contributed by atoms with E-state index in [4.69, 9.17) is 0 Å². The Balaban J connectivity index is 1.58. The molecule has 104 valence electrons. The van der Waals surface area contributed by atoms with Crippen LogP contribution in [-0.4, -0.2) is 17.4 Å². The first-order valence-electron chi connectivity index (χ1n) is 7.12. The Morgan fingerprint density at radius 2 is 2.20 bits per heavy atom. The largest absolute Gasteiger partial charge is 0.352 e. The first kappa shape index (κ1) is 13.3. The van der Waals surface area contributed by atoms with Gasteiger partial charge in [0.25, 0.3) is 5.91 Å². The number of rotatable bonds is 4. The summed E-state index contributed by atoms with van der Waals surface area (Å²) in [6.45, 7) is 0.639. The SMILES string of the molecule is O=C(NCCc1ccccn1)c1csc2c1CCCC2. The number of fused-ring (bicyclic) bond motifs is 1. The van der Waals surface area contributed by atoms with E-state index in [0.717, 1.165) is 30.5 Å². The number of nitrogens with one attached hydrogen (secondary N) is 1. The number of nitrogens with zero attached hydrogens (tertiary/aromatic N) is 1. The van der Waals surface area contributed by atoms with Crippen LogP contribution in [0, 0.1) is 0 Å². The molecule has 0 saturated carbocycles. The molecule has 1 aliphatic carbocycles. The monoisotopic (exact) mass is 286 g/mol. The smallest absolute Gasteiger partial charge is 0.252 e. The van der Waals surface area contributed by atoms with E-state index >= 15 is 0 Å². The van der Waals surface area contributed by atoms with Crippen molar-refractivity contribution in [3.63, 3.8) is 0 Å². The number of hydrogen-bond acceptors (Lipinski definition) is 3. The summed E-state index contributed by atoms with van der Waals surface area (Å²) in [5.41, 5.74) is 3.20. The fourth-order valence-corrected chi connectivity index (χ4v) is 3.76. The lowest BCUT2D eigenvalue weighted by molar-refractivity contribution is 0.0953. The normalized spacial score (nSPS) is 13.8. The van der Waals surface area contributed by atoms with Crippen molar-refractivity contribution >= 4 is 17.2 Å². The predicted molar refractivity (Wildman–Crippen MR) is 81.2 cm³/mol. The number of aromatic nitrogens is 1. The van der Waals surface area contributed by atoms with Crippen molar-refractivity contribution < 1.29 is 4.79 Å². The average molecular weight is 286 g/mol. The molecule has 3 rings (SSSR count). The molecule has 1 aliphatic rings. The van der Waals surface area contributed by atoms with Crippen LogP contribution >= 0.6 is 11.3 Å². The summed E-state index contributed by atoms with van der Waals surface area (Å²) in [6, 6.07) is 5.86. The van der Waals surface area contributed by atoms with Crippen LogP contribution in [0.1, 0.15) is 39.3 Å². The van der Waals surface area contributed by atoms with Gasteiger partial charge in [0.15, 0.2) is 0 Å². The van der Waals surface area contributed by atoms with Crippen molar-refractivity contribution in [1.29, 1.82) is 0 Å². The maximum Gasteiger partial charge on any atom is 0.252 e. The Kier molecular flexibility index (Phi) is 4.11. The Hall–Kier alpha value is -1.68. The summed E-state index contributed by atoms with van der Waals surface area (Å²) in [6.07, 6.45) is 7.22. The highest BCUT2D eigenvalue weighted by molar-refractivity contribution is 7.10. The van der Waals surface area contributed by atoms with Crippen LogP contribution in [0.15, 0.2) is 29.8 Å². The minimum atomic E-state index is 0.0698. The molecule has 0 aromatic carbocycles. The van der Waals surface area contributed by atoms with Gasteiger partial charge in [0.2, 0.25) is 0 Å². The van der Waals surface area contributed by atoms with Crippen molar-refractivity contribution in [2.24, 2.45) is 0 Å². The highest BCUT2D eigenvalue weighted by Crippen LogP contribution is 2.30. The van der Waals surface area contributed by atoms with Crippen molar-refractivity contribution in [2.75, 3.05) is 6.54 Å². The van der Waals surface area contributed by atoms with Crippen molar-refractivity contribution in [2.45, 2.75) is 32.1 Å². The van der Waals surface area contributed by atoms with Gasteiger partial charge in [-0.25, -0.2) is 0 Å². The number of amides is 1. The highest BCUT2D eigenvalue weighted by atomic mass is 32.1. The molecule has 4 heteroatoms. The lowest BCUT2D eigenvalue weighted by Gasteiger charge is -2.12. The molecule has 0 aliphatic heterocycles. The number of pyridine rings is 1. The summed E-state index contributed by atoms with van der Waals surface area (Å²) in [4.78, 5) is 17.9. The molecule has 0 saturated heterocycles. The van der Waals surface area contributed by atoms with Gasteiger partial charge in [0, 0.05) is 35.1 Å². The molecule has 0 radical (unpaired) electrons. The second-order valence-electron chi connectivity index (χ2n) is 5.09. The topological polar surface area (TPSA) is 42.0 Å². The summed E-state index contributed by atoms with van der Waals surface area (Å²) in [5, 5.41) is 5.03. The zero-order valence-electron chi connectivity index (χ0n) is 11.4. The molecule has 2 heterocycles. The summed E-state index contributed by atoms with van der Waals surface area (Å²) < 4.78 is 0. The fraction of sp³-hybridized carbons (Fsp3) is 0.375. The Morgan fingerprint density at radius 3 is 3.05 bits per heavy atom. The van der Waals surface area contributed by atoms with Gasteiger partial charge >= 0.3 is 0 Å². The molecule has 0 bridgehead atoms. The Morgan fingerprint density at radius 1 is 1.30 bits per heavy atom. The van der Waals surface area contributed by atoms with E-state index in [1.54, 1.807) is 17.5 Å². The summed E-state index contributed by atoms with van der Waals surface area (Å²) in [5.74, 6) is 0.0698. The Bertz CT molecular complexity index is 592. The zero-order valence-corrected chi connectivity index (χ0v) is 12.2. The fourth-order valence-electron chi connectivity index (χ4n) is 2.63. The zero-order chi connectivity index (χ0) is 13.8. The van der Waals surface area contributed by atoms with E-state index < -0.39 is 0 Å². The number of carbonyl (C=O) groups is 1. The van der Waals surface area contributed by atoms with Gasteiger partial charge in [-0.3, -0.25) is 9.78 Å². The molecule has 1 N–H and O–H groups in total. The quantitative estimate of drug-likeness (QED) is 0.939. The second-order valence-corrected chi connectivity index (χ2v) is 6.05. The van der Waals surface area contributed by atoms with Gasteiger partial charge in [-0.2, -0.15) is 0 Å². The number of aryl methyl sites for hydroxylation is 1. The minimum Gasteiger partial charge on any atom is -0.352 e. The van der Waals surface area contributed by atoms with Gasteiger partial charge in [0.05, 0.1) is 5.56 Å². The van der Waals surface area contributed by atoms with Crippen molar-refractivity contribution in [3.8, 4) is 0 Å². The molecule has 0 spiro atoms. The molecule has 2 aromatic rings. The average Bonchev–Trinajstić information content (AvgIpc) is 2.92. The van der Waals surface area contributed by atoms with Crippen molar-refractivity contribution in [3.05, 3.63) is 51.5 Å². The third-order valence-electron chi connectivity index (χ3n) is 3.70. The van der Waals surface area contributed by atoms with Crippen LogP contribution < -0.4 is 5.32 Å². The molecule has 0 atom stereocenters. The highest BCUT2D eigenvalue weighted by Gasteiger charge is 2.19. The van der Waals surface area contributed by atoms with Gasteiger partial charge < -0.3 is 5.32 Å². The van der Waals surface area contributed by atoms with Crippen LogP contribution in [0.4, 0.5) is 0 Å². The van der Waals surface area contributed by atoms with E-state index in [-0.39, 0.29) is 5.91 Å². The van der Waals surface area contributed by atoms with Crippen LogP contribution in [0.5, 0.6) is 0 Å². The third kappa shape index (κ3) is 2.90. The number of carbonyl (C=O) groups excluding carboxylic acids is 1. The molecule has 2 aromatic heterocycles. The Labute approximate surface area is 123 Å². The lowest BCUT2D eigenvalue weighted by Crippen LogP contribution is -2.26. The van der Waals surface area contributed by atoms with Gasteiger partial charge in [-0.05, 0) is 43.4 Å². The maximum absolute atomic E-state index is 12.2. The molecular formula is C16H18N2OS. The van der Waals surface area contributed by atoms with Gasteiger partial charge in [-0.15, -0.1) is 11.3 Å². The van der Waals surface area contributed by atoms with Crippen LogP contribution in [-0.2, 0) is 19.3 Å². The van der Waals surface area contributed by atoms with Crippen LogP contribution in [0.25, 0.3) is 0 Å². The van der Waals surface area contributed by atoms with E-state index in [1.165, 1.54) is 23.3 Å². The minimum absolute atomic E-state index is 0.0698. The van der Waals surface area contributed by atoms with Gasteiger partial charge in [0.1, 0.15) is 0 Å². The lowest BCUT2D eigenvalue weighted by atomic mass is 9.95. The molecule has 20 heavy (non-hydrogen) atoms. The standard InChI is InChI=1S/C16H18N2OS/c19-16(18-10-8-12-5-3-4-9-17-12)14-11-20-15-7-2-1-6-13(14)15/h3-5,9,11H,1-2,6-8,10H2,(H,18,19). The number of hydrogen-bond donors (Lipinski definition) is 1. The van der Waals surface area contributed by atoms with Gasteiger partial charge in [-0.1, -0.05) is 6.07 Å². The van der Waals surface area contributed by atoms with Crippen LogP contribution in [0.2, 0.25) is 0 Å².